The number of halogens is 2. The molecule has 21 heavy (non-hydrogen) atoms. The SMILES string of the molecule is Cc1cccc(N)c1C(=O)NCCc1ccc(Cl)cc1Cl. The minimum atomic E-state index is -0.171. The first-order valence-electron chi connectivity index (χ1n) is 6.56. The van der Waals surface area contributed by atoms with Crippen molar-refractivity contribution >= 4 is 34.8 Å². The minimum absolute atomic E-state index is 0.171. The summed E-state index contributed by atoms with van der Waals surface area (Å²) in [5, 5.41) is 4.06. The molecular weight excluding hydrogens is 307 g/mol. The smallest absolute Gasteiger partial charge is 0.253 e. The fraction of sp³-hybridized carbons (Fsp3) is 0.188. The van der Waals surface area contributed by atoms with Gasteiger partial charge in [-0.3, -0.25) is 4.79 Å². The van der Waals surface area contributed by atoms with Gasteiger partial charge in [-0.2, -0.15) is 0 Å². The molecule has 0 saturated heterocycles. The zero-order valence-corrected chi connectivity index (χ0v) is 13.1. The van der Waals surface area contributed by atoms with Crippen molar-refractivity contribution in [3.8, 4) is 0 Å². The Kier molecular flexibility index (Phi) is 5.10. The normalized spacial score (nSPS) is 10.4. The second kappa shape index (κ2) is 6.83. The van der Waals surface area contributed by atoms with Gasteiger partial charge in [-0.15, -0.1) is 0 Å². The number of carbonyl (C=O) groups excluding carboxylic acids is 1. The number of hydrogen-bond donors (Lipinski definition) is 2. The van der Waals surface area contributed by atoms with Crippen molar-refractivity contribution in [1.29, 1.82) is 0 Å². The van der Waals surface area contributed by atoms with Gasteiger partial charge in [0.15, 0.2) is 0 Å². The molecule has 2 aromatic rings. The number of nitrogens with one attached hydrogen (secondary N) is 1. The summed E-state index contributed by atoms with van der Waals surface area (Å²) in [6.45, 7) is 2.34. The first-order chi connectivity index (χ1) is 9.99. The molecule has 3 nitrogen and oxygen atoms in total. The van der Waals surface area contributed by atoms with Crippen LogP contribution in [0.15, 0.2) is 36.4 Å². The highest BCUT2D eigenvalue weighted by Gasteiger charge is 2.12. The maximum Gasteiger partial charge on any atom is 0.253 e. The van der Waals surface area contributed by atoms with Crippen LogP contribution in [0.3, 0.4) is 0 Å². The van der Waals surface area contributed by atoms with E-state index < -0.39 is 0 Å². The summed E-state index contributed by atoms with van der Waals surface area (Å²) < 4.78 is 0. The molecule has 0 radical (unpaired) electrons. The summed E-state index contributed by atoms with van der Waals surface area (Å²) in [5.41, 5.74) is 8.66. The number of amides is 1. The van der Waals surface area contributed by atoms with Crippen molar-refractivity contribution in [1.82, 2.24) is 5.32 Å². The van der Waals surface area contributed by atoms with Gasteiger partial charge < -0.3 is 11.1 Å². The predicted octanol–water partition coefficient (Wildman–Crippen LogP) is 3.86. The Balaban J connectivity index is 1.99. The lowest BCUT2D eigenvalue weighted by Crippen LogP contribution is -2.27. The zero-order valence-electron chi connectivity index (χ0n) is 11.6. The number of carbonyl (C=O) groups is 1. The van der Waals surface area contributed by atoms with Gasteiger partial charge in [0, 0.05) is 22.3 Å². The van der Waals surface area contributed by atoms with Gasteiger partial charge in [0.1, 0.15) is 0 Å². The monoisotopic (exact) mass is 322 g/mol. The van der Waals surface area contributed by atoms with Gasteiger partial charge in [-0.05, 0) is 42.7 Å². The third-order valence-electron chi connectivity index (χ3n) is 3.23. The topological polar surface area (TPSA) is 55.1 Å². The van der Waals surface area contributed by atoms with Crippen molar-refractivity contribution in [3.05, 3.63) is 63.1 Å². The van der Waals surface area contributed by atoms with Crippen LogP contribution in [0.5, 0.6) is 0 Å². The molecule has 0 unspecified atom stereocenters. The Bertz CT molecular complexity index is 651. The highest BCUT2D eigenvalue weighted by Crippen LogP contribution is 2.21. The number of aryl methyl sites for hydroxylation is 1. The van der Waals surface area contributed by atoms with E-state index in [-0.39, 0.29) is 5.91 Å². The summed E-state index contributed by atoms with van der Waals surface area (Å²) in [4.78, 5) is 12.2. The first kappa shape index (κ1) is 15.7. The molecule has 0 fully saturated rings. The summed E-state index contributed by atoms with van der Waals surface area (Å²) in [6.07, 6.45) is 0.632. The van der Waals surface area contributed by atoms with E-state index in [9.17, 15) is 4.79 Å². The molecule has 110 valence electrons. The van der Waals surface area contributed by atoms with Crippen LogP contribution in [-0.4, -0.2) is 12.5 Å². The lowest BCUT2D eigenvalue weighted by Gasteiger charge is -2.10. The Labute approximate surface area is 134 Å². The second-order valence-electron chi connectivity index (χ2n) is 4.78. The maximum atomic E-state index is 12.2. The Hall–Kier alpha value is -1.71. The van der Waals surface area contributed by atoms with Crippen molar-refractivity contribution in [2.45, 2.75) is 13.3 Å². The average molecular weight is 323 g/mol. The number of benzene rings is 2. The molecular formula is C16H16Cl2N2O. The lowest BCUT2D eigenvalue weighted by molar-refractivity contribution is 0.0954. The van der Waals surface area contributed by atoms with Gasteiger partial charge >= 0.3 is 0 Å². The third kappa shape index (κ3) is 3.90. The molecule has 0 saturated carbocycles. The van der Waals surface area contributed by atoms with Crippen molar-refractivity contribution in [2.75, 3.05) is 12.3 Å². The molecule has 0 aliphatic heterocycles. The van der Waals surface area contributed by atoms with Crippen molar-refractivity contribution in [3.63, 3.8) is 0 Å². The molecule has 3 N–H and O–H groups in total. The van der Waals surface area contributed by atoms with Gasteiger partial charge in [0.25, 0.3) is 5.91 Å². The second-order valence-corrected chi connectivity index (χ2v) is 5.62. The van der Waals surface area contributed by atoms with Crippen molar-refractivity contribution < 1.29 is 4.79 Å². The Morgan fingerprint density at radius 3 is 2.67 bits per heavy atom. The van der Waals surface area contributed by atoms with Gasteiger partial charge in [-0.1, -0.05) is 41.4 Å². The Morgan fingerprint density at radius 1 is 1.24 bits per heavy atom. The molecule has 1 amide bonds. The molecule has 0 aromatic heterocycles. The molecule has 0 bridgehead atoms. The summed E-state index contributed by atoms with van der Waals surface area (Å²) in [5.74, 6) is -0.171. The van der Waals surface area contributed by atoms with E-state index in [1.54, 1.807) is 18.2 Å². The van der Waals surface area contributed by atoms with E-state index in [1.807, 2.05) is 25.1 Å². The first-order valence-corrected chi connectivity index (χ1v) is 7.32. The molecule has 0 aliphatic carbocycles. The van der Waals surface area contributed by atoms with Crippen LogP contribution in [0.2, 0.25) is 10.0 Å². The summed E-state index contributed by atoms with van der Waals surface area (Å²) in [6, 6.07) is 10.7. The third-order valence-corrected chi connectivity index (χ3v) is 3.81. The zero-order chi connectivity index (χ0) is 15.4. The molecule has 0 aliphatic rings. The Morgan fingerprint density at radius 2 is 2.00 bits per heavy atom. The molecule has 2 rings (SSSR count). The molecule has 2 aromatic carbocycles. The molecule has 5 heteroatoms. The van der Waals surface area contributed by atoms with Crippen LogP contribution in [0.25, 0.3) is 0 Å². The van der Waals surface area contributed by atoms with E-state index in [2.05, 4.69) is 5.32 Å². The number of nitrogen functional groups attached to an aromatic ring is 1. The van der Waals surface area contributed by atoms with E-state index in [4.69, 9.17) is 28.9 Å². The van der Waals surface area contributed by atoms with Crippen LogP contribution in [0.4, 0.5) is 5.69 Å². The van der Waals surface area contributed by atoms with E-state index >= 15 is 0 Å². The van der Waals surface area contributed by atoms with Crippen LogP contribution < -0.4 is 11.1 Å². The molecule has 0 atom stereocenters. The molecule has 0 heterocycles. The quantitative estimate of drug-likeness (QED) is 0.840. The lowest BCUT2D eigenvalue weighted by atomic mass is 10.1. The van der Waals surface area contributed by atoms with Gasteiger partial charge in [0.2, 0.25) is 0 Å². The van der Waals surface area contributed by atoms with E-state index in [0.717, 1.165) is 11.1 Å². The van der Waals surface area contributed by atoms with E-state index in [0.29, 0.717) is 34.3 Å². The minimum Gasteiger partial charge on any atom is -0.398 e. The highest BCUT2D eigenvalue weighted by molar-refractivity contribution is 6.35. The number of hydrogen-bond acceptors (Lipinski definition) is 2. The molecule has 0 spiro atoms. The van der Waals surface area contributed by atoms with Crippen LogP contribution in [0.1, 0.15) is 21.5 Å². The van der Waals surface area contributed by atoms with Crippen LogP contribution >= 0.6 is 23.2 Å². The number of rotatable bonds is 4. The summed E-state index contributed by atoms with van der Waals surface area (Å²) in [7, 11) is 0. The van der Waals surface area contributed by atoms with Crippen LogP contribution in [0, 0.1) is 6.92 Å². The van der Waals surface area contributed by atoms with E-state index in [1.165, 1.54) is 0 Å². The van der Waals surface area contributed by atoms with Gasteiger partial charge in [-0.25, -0.2) is 0 Å². The number of nitrogens with two attached hydrogens (primary N) is 1. The standard InChI is InChI=1S/C16H16Cl2N2O/c1-10-3-2-4-14(19)15(10)16(21)20-8-7-11-5-6-12(17)9-13(11)18/h2-6,9H,7-8,19H2,1H3,(H,20,21). The fourth-order valence-corrected chi connectivity index (χ4v) is 2.63. The largest absolute Gasteiger partial charge is 0.398 e. The fourth-order valence-electron chi connectivity index (χ4n) is 2.12. The summed E-state index contributed by atoms with van der Waals surface area (Å²) >= 11 is 11.9. The van der Waals surface area contributed by atoms with Crippen molar-refractivity contribution in [2.24, 2.45) is 0 Å². The predicted molar refractivity (Wildman–Crippen MR) is 88.1 cm³/mol. The van der Waals surface area contributed by atoms with Gasteiger partial charge in [0.05, 0.1) is 5.56 Å². The highest BCUT2D eigenvalue weighted by atomic mass is 35.5. The number of anilines is 1. The average Bonchev–Trinajstić information content (AvgIpc) is 2.41. The van der Waals surface area contributed by atoms with Crippen LogP contribution in [-0.2, 0) is 6.42 Å². The maximum absolute atomic E-state index is 12.2.